The molecule has 1 aromatic rings. The van der Waals surface area contributed by atoms with Crippen molar-refractivity contribution in [1.82, 2.24) is 5.32 Å². The molecule has 18 heavy (non-hydrogen) atoms. The van der Waals surface area contributed by atoms with Gasteiger partial charge >= 0.3 is 0 Å². The fourth-order valence-electron chi connectivity index (χ4n) is 1.56. The van der Waals surface area contributed by atoms with Crippen LogP contribution in [0.15, 0.2) is 18.2 Å². The Morgan fingerprint density at radius 3 is 2.61 bits per heavy atom. The quantitative estimate of drug-likeness (QED) is 0.604. The number of phenols is 1. The number of ether oxygens (including phenoxy) is 1. The van der Waals surface area contributed by atoms with Crippen molar-refractivity contribution >= 4 is 0 Å². The molecule has 1 aromatic carbocycles. The molecule has 2 unspecified atom stereocenters. The highest BCUT2D eigenvalue weighted by atomic mass is 16.5. The molecule has 0 aliphatic carbocycles. The molecule has 0 bridgehead atoms. The van der Waals surface area contributed by atoms with Crippen LogP contribution in [0.2, 0.25) is 0 Å². The Morgan fingerprint density at radius 1 is 1.44 bits per heavy atom. The lowest BCUT2D eigenvalue weighted by molar-refractivity contribution is 0.00101. The highest BCUT2D eigenvalue weighted by Gasteiger charge is 2.20. The van der Waals surface area contributed by atoms with E-state index < -0.39 is 5.60 Å². The van der Waals surface area contributed by atoms with E-state index in [1.807, 2.05) is 6.92 Å². The molecule has 0 fully saturated rings. The molecule has 0 aromatic heterocycles. The predicted octanol–water partition coefficient (Wildman–Crippen LogP) is 0.795. The number of aliphatic hydroxyl groups is 2. The van der Waals surface area contributed by atoms with Gasteiger partial charge in [-0.05, 0) is 19.9 Å². The molecule has 0 saturated heterocycles. The van der Waals surface area contributed by atoms with Crippen molar-refractivity contribution in [3.05, 3.63) is 23.8 Å². The van der Waals surface area contributed by atoms with Gasteiger partial charge in [-0.25, -0.2) is 0 Å². The average Bonchev–Trinajstić information content (AvgIpc) is 2.36. The molecule has 102 valence electrons. The maximum absolute atomic E-state index is 9.85. The maximum atomic E-state index is 9.85. The Kier molecular flexibility index (Phi) is 4.95. The molecule has 5 nitrogen and oxygen atoms in total. The van der Waals surface area contributed by atoms with Crippen molar-refractivity contribution in [3.63, 3.8) is 0 Å². The summed E-state index contributed by atoms with van der Waals surface area (Å²) in [4.78, 5) is 0. The lowest BCUT2D eigenvalue weighted by Gasteiger charge is -2.24. The van der Waals surface area contributed by atoms with Gasteiger partial charge in [-0.1, -0.05) is 6.07 Å². The van der Waals surface area contributed by atoms with Gasteiger partial charge in [0.2, 0.25) is 0 Å². The van der Waals surface area contributed by atoms with E-state index in [0.29, 0.717) is 11.3 Å². The van der Waals surface area contributed by atoms with Gasteiger partial charge in [-0.2, -0.15) is 0 Å². The highest BCUT2D eigenvalue weighted by molar-refractivity contribution is 5.41. The van der Waals surface area contributed by atoms with Gasteiger partial charge in [0, 0.05) is 24.2 Å². The summed E-state index contributed by atoms with van der Waals surface area (Å²) in [5.41, 5.74) is -0.458. The molecule has 2 atom stereocenters. The summed E-state index contributed by atoms with van der Waals surface area (Å²) in [6, 6.07) is 4.92. The van der Waals surface area contributed by atoms with Crippen LogP contribution < -0.4 is 10.1 Å². The van der Waals surface area contributed by atoms with Gasteiger partial charge in [-0.15, -0.1) is 0 Å². The van der Waals surface area contributed by atoms with E-state index in [0.717, 1.165) is 0 Å². The van der Waals surface area contributed by atoms with Gasteiger partial charge < -0.3 is 25.4 Å². The second kappa shape index (κ2) is 6.04. The summed E-state index contributed by atoms with van der Waals surface area (Å²) in [7, 11) is 1.54. The van der Waals surface area contributed by atoms with Crippen LogP contribution in [0.1, 0.15) is 25.5 Å². The number of aliphatic hydroxyl groups excluding tert-OH is 1. The fraction of sp³-hybridized carbons (Fsp3) is 0.538. The number of hydrogen-bond donors (Lipinski definition) is 4. The number of nitrogens with one attached hydrogen (secondary N) is 1. The minimum Gasteiger partial charge on any atom is -0.507 e. The first kappa shape index (κ1) is 14.8. The number of benzene rings is 1. The molecule has 0 radical (unpaired) electrons. The molecule has 0 saturated carbocycles. The van der Waals surface area contributed by atoms with E-state index in [9.17, 15) is 10.2 Å². The van der Waals surface area contributed by atoms with E-state index in [-0.39, 0.29) is 24.9 Å². The number of phenolic OH excluding ortho intramolecular Hbond substituents is 1. The largest absolute Gasteiger partial charge is 0.507 e. The normalized spacial score (nSPS) is 16.1. The first-order valence-electron chi connectivity index (χ1n) is 5.83. The second-order valence-electron chi connectivity index (χ2n) is 4.68. The second-order valence-corrected chi connectivity index (χ2v) is 4.68. The molecule has 5 heteroatoms. The first-order chi connectivity index (χ1) is 8.39. The summed E-state index contributed by atoms with van der Waals surface area (Å²) < 4.78 is 5.01. The van der Waals surface area contributed by atoms with Crippen molar-refractivity contribution in [1.29, 1.82) is 0 Å². The van der Waals surface area contributed by atoms with Crippen molar-refractivity contribution in [2.24, 2.45) is 0 Å². The molecule has 0 amide bonds. The Balaban J connectivity index is 2.70. The summed E-state index contributed by atoms with van der Waals surface area (Å²) in [6.45, 7) is 3.33. The third-order valence-electron chi connectivity index (χ3n) is 2.83. The maximum Gasteiger partial charge on any atom is 0.124 e. The molecule has 0 aliphatic heterocycles. The van der Waals surface area contributed by atoms with Gasteiger partial charge in [0.25, 0.3) is 0 Å². The van der Waals surface area contributed by atoms with Crippen LogP contribution in [0.5, 0.6) is 11.5 Å². The fourth-order valence-corrected chi connectivity index (χ4v) is 1.56. The van der Waals surface area contributed by atoms with Crippen molar-refractivity contribution in [3.8, 4) is 11.5 Å². The van der Waals surface area contributed by atoms with Gasteiger partial charge in [0.15, 0.2) is 0 Å². The lowest BCUT2D eigenvalue weighted by Crippen LogP contribution is -2.41. The van der Waals surface area contributed by atoms with E-state index in [1.54, 1.807) is 19.1 Å². The molecule has 4 N–H and O–H groups in total. The lowest BCUT2D eigenvalue weighted by atomic mass is 10.0. The standard InChI is InChI=1S/C13H21NO4/c1-9(14-7-13(2,17)8-15)11-5-4-10(18-3)6-12(11)16/h4-6,9,14-17H,7-8H2,1-3H3. The molecule has 0 spiro atoms. The van der Waals surface area contributed by atoms with Crippen LogP contribution in [-0.2, 0) is 0 Å². The molecular weight excluding hydrogens is 234 g/mol. The Morgan fingerprint density at radius 2 is 2.11 bits per heavy atom. The van der Waals surface area contributed by atoms with Crippen LogP contribution in [0.4, 0.5) is 0 Å². The Bertz CT molecular complexity index is 393. The summed E-state index contributed by atoms with van der Waals surface area (Å²) in [5, 5.41) is 31.5. The SMILES string of the molecule is COc1ccc(C(C)NCC(C)(O)CO)c(O)c1. The third kappa shape index (κ3) is 3.87. The number of hydrogen-bond acceptors (Lipinski definition) is 5. The zero-order valence-corrected chi connectivity index (χ0v) is 11.0. The number of aromatic hydroxyl groups is 1. The summed E-state index contributed by atoms with van der Waals surface area (Å²) in [6.07, 6.45) is 0. The van der Waals surface area contributed by atoms with Crippen LogP contribution in [0.25, 0.3) is 0 Å². The van der Waals surface area contributed by atoms with E-state index in [2.05, 4.69) is 5.32 Å². The van der Waals surface area contributed by atoms with Crippen LogP contribution in [-0.4, -0.2) is 41.2 Å². The van der Waals surface area contributed by atoms with Gasteiger partial charge in [0.1, 0.15) is 11.5 Å². The summed E-state index contributed by atoms with van der Waals surface area (Å²) >= 11 is 0. The van der Waals surface area contributed by atoms with Crippen molar-refractivity contribution in [2.75, 3.05) is 20.3 Å². The first-order valence-corrected chi connectivity index (χ1v) is 5.83. The monoisotopic (exact) mass is 255 g/mol. The van der Waals surface area contributed by atoms with Gasteiger partial charge in [0.05, 0.1) is 19.3 Å². The Hall–Kier alpha value is -1.30. The highest BCUT2D eigenvalue weighted by Crippen LogP contribution is 2.28. The minimum atomic E-state index is -1.17. The van der Waals surface area contributed by atoms with E-state index in [1.165, 1.54) is 13.2 Å². The van der Waals surface area contributed by atoms with Crippen LogP contribution >= 0.6 is 0 Å². The molecule has 0 heterocycles. The zero-order chi connectivity index (χ0) is 13.8. The average molecular weight is 255 g/mol. The smallest absolute Gasteiger partial charge is 0.124 e. The number of methoxy groups -OCH3 is 1. The van der Waals surface area contributed by atoms with Crippen LogP contribution in [0.3, 0.4) is 0 Å². The van der Waals surface area contributed by atoms with Crippen molar-refractivity contribution < 1.29 is 20.1 Å². The van der Waals surface area contributed by atoms with Crippen molar-refractivity contribution in [2.45, 2.75) is 25.5 Å². The summed E-state index contributed by atoms with van der Waals surface area (Å²) in [5.74, 6) is 0.726. The zero-order valence-electron chi connectivity index (χ0n) is 11.0. The number of rotatable bonds is 6. The molecular formula is C13H21NO4. The Labute approximate surface area is 107 Å². The topological polar surface area (TPSA) is 82.0 Å². The van der Waals surface area contributed by atoms with Crippen LogP contribution in [0, 0.1) is 0 Å². The molecule has 0 aliphatic rings. The van der Waals surface area contributed by atoms with Gasteiger partial charge in [-0.3, -0.25) is 0 Å². The third-order valence-corrected chi connectivity index (χ3v) is 2.83. The van der Waals surface area contributed by atoms with E-state index >= 15 is 0 Å². The molecule has 1 rings (SSSR count). The minimum absolute atomic E-state index is 0.137. The van der Waals surface area contributed by atoms with E-state index in [4.69, 9.17) is 9.84 Å². The predicted molar refractivity (Wildman–Crippen MR) is 68.8 cm³/mol.